The lowest BCUT2D eigenvalue weighted by molar-refractivity contribution is -0.144. The van der Waals surface area contributed by atoms with E-state index in [4.69, 9.17) is 23.2 Å². The average molecular weight is 447 g/mol. The van der Waals surface area contributed by atoms with Crippen LogP contribution in [0.15, 0.2) is 53.4 Å². The van der Waals surface area contributed by atoms with Gasteiger partial charge in [-0.05, 0) is 29.8 Å². The molecule has 2 aromatic carbocycles. The summed E-state index contributed by atoms with van der Waals surface area (Å²) in [6.45, 7) is 0. The maximum atomic E-state index is 13.2. The van der Waals surface area contributed by atoms with Gasteiger partial charge in [0.1, 0.15) is 5.15 Å². The quantitative estimate of drug-likeness (QED) is 0.495. The van der Waals surface area contributed by atoms with Gasteiger partial charge in [0.15, 0.2) is 9.84 Å². The lowest BCUT2D eigenvalue weighted by atomic mass is 10.0. The van der Waals surface area contributed by atoms with Crippen molar-refractivity contribution in [2.45, 2.75) is 11.1 Å². The molecule has 0 N–H and O–H groups in total. The molecule has 1 aromatic heterocycles. The van der Waals surface area contributed by atoms with Gasteiger partial charge in [0.05, 0.1) is 10.6 Å². The van der Waals surface area contributed by atoms with E-state index in [0.29, 0.717) is 10.6 Å². The van der Waals surface area contributed by atoms with Gasteiger partial charge in [-0.2, -0.15) is 13.2 Å². The van der Waals surface area contributed by atoms with E-state index < -0.39 is 21.8 Å². The molecule has 0 atom stereocenters. The molecule has 0 amide bonds. The van der Waals surface area contributed by atoms with E-state index in [1.807, 2.05) is 0 Å². The molecule has 3 rings (SSSR count). The monoisotopic (exact) mass is 446 g/mol. The summed E-state index contributed by atoms with van der Waals surface area (Å²) in [5.74, 6) is -1.39. The molecule has 0 saturated carbocycles. The summed E-state index contributed by atoms with van der Waals surface area (Å²) in [5.41, 5.74) is 0.825. The molecule has 0 aliphatic carbocycles. The molecule has 0 saturated heterocycles. The highest BCUT2D eigenvalue weighted by Crippen LogP contribution is 2.39. The predicted molar refractivity (Wildman–Crippen MR) is 101 cm³/mol. The second-order valence-electron chi connectivity index (χ2n) is 5.86. The molecule has 0 bridgehead atoms. The van der Waals surface area contributed by atoms with E-state index in [2.05, 4.69) is 9.97 Å². The fourth-order valence-corrected chi connectivity index (χ4v) is 3.54. The second kappa shape index (κ2) is 7.35. The summed E-state index contributed by atoms with van der Waals surface area (Å²) in [5, 5.41) is 0.0543. The zero-order chi connectivity index (χ0) is 20.7. The van der Waals surface area contributed by atoms with E-state index in [-0.39, 0.29) is 26.9 Å². The number of rotatable bonds is 3. The molecule has 3 aromatic rings. The molecule has 146 valence electrons. The first-order valence-corrected chi connectivity index (χ1v) is 10.3. The lowest BCUT2D eigenvalue weighted by Gasteiger charge is -2.14. The van der Waals surface area contributed by atoms with Crippen LogP contribution in [0.4, 0.5) is 13.2 Å². The molecule has 0 fully saturated rings. The van der Waals surface area contributed by atoms with Crippen molar-refractivity contribution < 1.29 is 21.6 Å². The molecule has 0 aliphatic rings. The summed E-state index contributed by atoms with van der Waals surface area (Å²) in [6.07, 6.45) is -3.77. The van der Waals surface area contributed by atoms with Gasteiger partial charge in [-0.3, -0.25) is 0 Å². The van der Waals surface area contributed by atoms with Crippen molar-refractivity contribution in [2.75, 3.05) is 6.26 Å². The fourth-order valence-electron chi connectivity index (χ4n) is 2.50. The Bertz CT molecular complexity index is 1130. The Labute approximate surface area is 168 Å². The number of sulfone groups is 1. The second-order valence-corrected chi connectivity index (χ2v) is 8.67. The summed E-state index contributed by atoms with van der Waals surface area (Å²) >= 11 is 12.0. The van der Waals surface area contributed by atoms with E-state index in [1.165, 1.54) is 24.3 Å². The number of hydrogen-bond donors (Lipinski definition) is 0. The molecule has 0 unspecified atom stereocenters. The van der Waals surface area contributed by atoms with Crippen LogP contribution in [0, 0.1) is 0 Å². The van der Waals surface area contributed by atoms with Crippen LogP contribution in [0.1, 0.15) is 5.82 Å². The van der Waals surface area contributed by atoms with E-state index >= 15 is 0 Å². The highest BCUT2D eigenvalue weighted by Gasteiger charge is 2.36. The van der Waals surface area contributed by atoms with Crippen molar-refractivity contribution in [2.24, 2.45) is 0 Å². The summed E-state index contributed by atoms with van der Waals surface area (Å²) in [7, 11) is -3.46. The van der Waals surface area contributed by atoms with Crippen molar-refractivity contribution >= 4 is 33.0 Å². The Balaban J connectivity index is 2.27. The molecule has 0 aliphatic heterocycles. The van der Waals surface area contributed by atoms with Crippen LogP contribution < -0.4 is 0 Å². The van der Waals surface area contributed by atoms with Crippen LogP contribution in [-0.4, -0.2) is 24.6 Å². The molecule has 28 heavy (non-hydrogen) atoms. The van der Waals surface area contributed by atoms with E-state index in [9.17, 15) is 21.6 Å². The van der Waals surface area contributed by atoms with Crippen LogP contribution in [0.2, 0.25) is 10.2 Å². The van der Waals surface area contributed by atoms with Gasteiger partial charge in [-0.15, -0.1) is 0 Å². The van der Waals surface area contributed by atoms with Crippen molar-refractivity contribution in [1.29, 1.82) is 0 Å². The Morgan fingerprint density at radius 3 is 1.89 bits per heavy atom. The summed E-state index contributed by atoms with van der Waals surface area (Å²) < 4.78 is 62.8. The van der Waals surface area contributed by atoms with Crippen molar-refractivity contribution in [3.8, 4) is 22.4 Å². The minimum Gasteiger partial charge on any atom is -0.224 e. The standard InChI is InChI=1S/C18H11Cl2F3N2O2S/c1-28(26,27)13-8-4-11(5-9-13)15-14(10-2-6-12(19)7-3-10)16(20)25-17(24-15)18(21,22)23/h2-9H,1H3. The molecule has 0 spiro atoms. The highest BCUT2D eigenvalue weighted by molar-refractivity contribution is 7.90. The van der Waals surface area contributed by atoms with Crippen molar-refractivity contribution in [3.05, 3.63) is 64.5 Å². The molecular formula is C18H11Cl2F3N2O2S. The normalized spacial score (nSPS) is 12.2. The third kappa shape index (κ3) is 4.29. The predicted octanol–water partition coefficient (Wildman–Crippen LogP) is 5.54. The van der Waals surface area contributed by atoms with Crippen LogP contribution in [0.5, 0.6) is 0 Å². The minimum absolute atomic E-state index is 0.0282. The number of nitrogens with zero attached hydrogens (tertiary/aromatic N) is 2. The number of benzene rings is 2. The molecule has 1 heterocycles. The number of alkyl halides is 3. The van der Waals surface area contributed by atoms with E-state index in [0.717, 1.165) is 6.26 Å². The Kier molecular flexibility index (Phi) is 5.40. The summed E-state index contributed by atoms with van der Waals surface area (Å²) in [4.78, 5) is 7.08. The van der Waals surface area contributed by atoms with Crippen molar-refractivity contribution in [3.63, 3.8) is 0 Å². The van der Waals surface area contributed by atoms with Crippen LogP contribution in [0.25, 0.3) is 22.4 Å². The molecule has 10 heteroatoms. The topological polar surface area (TPSA) is 59.9 Å². The van der Waals surface area contributed by atoms with Crippen LogP contribution in [-0.2, 0) is 16.0 Å². The van der Waals surface area contributed by atoms with Crippen LogP contribution in [0.3, 0.4) is 0 Å². The zero-order valence-corrected chi connectivity index (χ0v) is 16.5. The van der Waals surface area contributed by atoms with E-state index in [1.54, 1.807) is 24.3 Å². The van der Waals surface area contributed by atoms with Gasteiger partial charge < -0.3 is 0 Å². The van der Waals surface area contributed by atoms with Crippen LogP contribution >= 0.6 is 23.2 Å². The first kappa shape index (κ1) is 20.6. The Morgan fingerprint density at radius 1 is 0.857 bits per heavy atom. The third-order valence-corrected chi connectivity index (χ3v) is 5.46. The first-order chi connectivity index (χ1) is 13.0. The highest BCUT2D eigenvalue weighted by atomic mass is 35.5. The van der Waals surface area contributed by atoms with Gasteiger partial charge in [0.2, 0.25) is 5.82 Å². The van der Waals surface area contributed by atoms with Gasteiger partial charge in [-0.25, -0.2) is 18.4 Å². The zero-order valence-electron chi connectivity index (χ0n) is 14.1. The Hall–Kier alpha value is -2.16. The molecule has 4 nitrogen and oxygen atoms in total. The Morgan fingerprint density at radius 2 is 1.39 bits per heavy atom. The molecular weight excluding hydrogens is 436 g/mol. The lowest BCUT2D eigenvalue weighted by Crippen LogP contribution is -2.12. The van der Waals surface area contributed by atoms with Gasteiger partial charge in [0.25, 0.3) is 0 Å². The third-order valence-electron chi connectivity index (χ3n) is 3.81. The first-order valence-electron chi connectivity index (χ1n) is 7.68. The molecule has 0 radical (unpaired) electrons. The smallest absolute Gasteiger partial charge is 0.224 e. The maximum Gasteiger partial charge on any atom is 0.451 e. The van der Waals surface area contributed by atoms with Crippen molar-refractivity contribution in [1.82, 2.24) is 9.97 Å². The number of halogens is 5. The van der Waals surface area contributed by atoms with Gasteiger partial charge in [-0.1, -0.05) is 47.5 Å². The summed E-state index contributed by atoms with van der Waals surface area (Å²) in [6, 6.07) is 11.6. The SMILES string of the molecule is CS(=O)(=O)c1ccc(-c2nc(C(F)(F)F)nc(Cl)c2-c2ccc(Cl)cc2)cc1. The largest absolute Gasteiger partial charge is 0.451 e. The average Bonchev–Trinajstić information content (AvgIpc) is 2.61. The minimum atomic E-state index is -4.80. The van der Waals surface area contributed by atoms with Gasteiger partial charge in [0, 0.05) is 22.4 Å². The number of aromatic nitrogens is 2. The maximum absolute atomic E-state index is 13.2. The fraction of sp³-hybridized carbons (Fsp3) is 0.111. The van der Waals surface area contributed by atoms with Gasteiger partial charge >= 0.3 is 6.18 Å². The number of hydrogen-bond acceptors (Lipinski definition) is 4.